The summed E-state index contributed by atoms with van der Waals surface area (Å²) in [5.74, 6) is -0.236. The maximum absolute atomic E-state index is 13.3. The molecule has 0 aliphatic carbocycles. The van der Waals surface area contributed by atoms with Gasteiger partial charge in [0, 0.05) is 7.05 Å². The van der Waals surface area contributed by atoms with E-state index >= 15 is 0 Å². The predicted octanol–water partition coefficient (Wildman–Crippen LogP) is 1.54. The molecule has 0 fully saturated rings. The Labute approximate surface area is 92.8 Å². The zero-order chi connectivity index (χ0) is 11.9. The van der Waals surface area contributed by atoms with Crippen LogP contribution in [0, 0.1) is 5.82 Å². The maximum Gasteiger partial charge on any atom is 0.230 e. The summed E-state index contributed by atoms with van der Waals surface area (Å²) in [6, 6.07) is 2.73. The SMILES string of the molecule is CC1CC(=O)N(C)c2c(ccc(F)c2N)O1. The van der Waals surface area contributed by atoms with Crippen molar-refractivity contribution < 1.29 is 13.9 Å². The molecule has 1 heterocycles. The van der Waals surface area contributed by atoms with Crippen LogP contribution in [0.3, 0.4) is 0 Å². The lowest BCUT2D eigenvalue weighted by atomic mass is 10.2. The molecule has 0 saturated carbocycles. The average molecular weight is 224 g/mol. The number of carbonyl (C=O) groups excluding carboxylic acids is 1. The lowest BCUT2D eigenvalue weighted by Crippen LogP contribution is -2.27. The minimum atomic E-state index is -0.545. The first kappa shape index (κ1) is 10.7. The highest BCUT2D eigenvalue weighted by Gasteiger charge is 2.27. The number of benzene rings is 1. The molecule has 2 N–H and O–H groups in total. The van der Waals surface area contributed by atoms with Crippen molar-refractivity contribution in [2.45, 2.75) is 19.4 Å². The topological polar surface area (TPSA) is 55.6 Å². The summed E-state index contributed by atoms with van der Waals surface area (Å²) in [6.07, 6.45) is 0.0211. The van der Waals surface area contributed by atoms with Gasteiger partial charge in [-0.05, 0) is 19.1 Å². The molecule has 1 amide bonds. The van der Waals surface area contributed by atoms with Gasteiger partial charge in [-0.1, -0.05) is 0 Å². The van der Waals surface area contributed by atoms with Gasteiger partial charge >= 0.3 is 0 Å². The number of nitrogen functional groups attached to an aromatic ring is 1. The van der Waals surface area contributed by atoms with Crippen molar-refractivity contribution in [2.24, 2.45) is 0 Å². The molecule has 2 rings (SSSR count). The van der Waals surface area contributed by atoms with Crippen LogP contribution in [0.4, 0.5) is 15.8 Å². The van der Waals surface area contributed by atoms with Gasteiger partial charge in [-0.3, -0.25) is 4.79 Å². The minimum absolute atomic E-state index is 0.0533. The molecule has 0 spiro atoms. The summed E-state index contributed by atoms with van der Waals surface area (Å²) in [5.41, 5.74) is 5.88. The molecule has 4 nitrogen and oxygen atoms in total. The van der Waals surface area contributed by atoms with Crippen LogP contribution in [0.1, 0.15) is 13.3 Å². The van der Waals surface area contributed by atoms with Crippen molar-refractivity contribution in [3.05, 3.63) is 17.9 Å². The van der Waals surface area contributed by atoms with E-state index in [-0.39, 0.29) is 24.1 Å². The standard InChI is InChI=1S/C11H13FN2O2/c1-6-5-9(15)14(2)11-8(16-6)4-3-7(12)10(11)13/h3-4,6H,5,13H2,1-2H3. The van der Waals surface area contributed by atoms with Crippen molar-refractivity contribution in [1.29, 1.82) is 0 Å². The van der Waals surface area contributed by atoms with Crippen LogP contribution in [-0.2, 0) is 4.79 Å². The number of anilines is 2. The number of nitrogens with two attached hydrogens (primary N) is 1. The number of hydrogen-bond donors (Lipinski definition) is 1. The molecular weight excluding hydrogens is 211 g/mol. The minimum Gasteiger partial charge on any atom is -0.488 e. The number of ether oxygens (including phenoxy) is 1. The third-order valence-electron chi connectivity index (χ3n) is 2.63. The normalized spacial score (nSPS) is 20.1. The van der Waals surface area contributed by atoms with Crippen molar-refractivity contribution in [2.75, 3.05) is 17.7 Å². The van der Waals surface area contributed by atoms with Crippen LogP contribution in [0.15, 0.2) is 12.1 Å². The number of nitrogens with zero attached hydrogens (tertiary/aromatic N) is 1. The van der Waals surface area contributed by atoms with Gasteiger partial charge in [0.25, 0.3) is 0 Å². The summed E-state index contributed by atoms with van der Waals surface area (Å²) in [6.45, 7) is 1.79. The second kappa shape index (κ2) is 3.66. The molecule has 0 radical (unpaired) electrons. The van der Waals surface area contributed by atoms with Crippen LogP contribution in [0.5, 0.6) is 5.75 Å². The number of amides is 1. The number of fused-ring (bicyclic) bond motifs is 1. The highest BCUT2D eigenvalue weighted by Crippen LogP contribution is 2.38. The molecule has 0 aromatic heterocycles. The average Bonchev–Trinajstić information content (AvgIpc) is 2.32. The van der Waals surface area contributed by atoms with Gasteiger partial charge in [0.05, 0.1) is 12.1 Å². The zero-order valence-corrected chi connectivity index (χ0v) is 9.16. The number of rotatable bonds is 0. The van der Waals surface area contributed by atoms with Crippen molar-refractivity contribution in [3.8, 4) is 5.75 Å². The largest absolute Gasteiger partial charge is 0.488 e. The Morgan fingerprint density at radius 1 is 1.56 bits per heavy atom. The lowest BCUT2D eigenvalue weighted by molar-refractivity contribution is -0.119. The fourth-order valence-electron chi connectivity index (χ4n) is 1.77. The molecule has 1 unspecified atom stereocenters. The van der Waals surface area contributed by atoms with E-state index in [2.05, 4.69) is 0 Å². The molecule has 0 bridgehead atoms. The first-order valence-corrected chi connectivity index (χ1v) is 5.02. The van der Waals surface area contributed by atoms with E-state index in [1.54, 1.807) is 14.0 Å². The second-order valence-corrected chi connectivity index (χ2v) is 3.89. The summed E-state index contributed by atoms with van der Waals surface area (Å²) < 4.78 is 18.8. The number of hydrogen-bond acceptors (Lipinski definition) is 3. The zero-order valence-electron chi connectivity index (χ0n) is 9.16. The van der Waals surface area contributed by atoms with Gasteiger partial charge in [-0.2, -0.15) is 0 Å². The Morgan fingerprint density at radius 2 is 2.25 bits per heavy atom. The summed E-state index contributed by atoms with van der Waals surface area (Å²) in [5, 5.41) is 0. The molecular formula is C11H13FN2O2. The van der Waals surface area contributed by atoms with E-state index < -0.39 is 5.82 Å². The monoisotopic (exact) mass is 224 g/mol. The van der Waals surface area contributed by atoms with E-state index in [0.29, 0.717) is 11.4 Å². The molecule has 0 saturated heterocycles. The van der Waals surface area contributed by atoms with Crippen molar-refractivity contribution in [3.63, 3.8) is 0 Å². The van der Waals surface area contributed by atoms with E-state index in [9.17, 15) is 9.18 Å². The van der Waals surface area contributed by atoms with Gasteiger partial charge in [-0.15, -0.1) is 0 Å². The fourth-order valence-corrected chi connectivity index (χ4v) is 1.77. The van der Waals surface area contributed by atoms with Gasteiger partial charge in [0.15, 0.2) is 0 Å². The molecule has 1 aliphatic rings. The van der Waals surface area contributed by atoms with Crippen molar-refractivity contribution >= 4 is 17.3 Å². The van der Waals surface area contributed by atoms with Crippen LogP contribution in [0.2, 0.25) is 0 Å². The summed E-state index contributed by atoms with van der Waals surface area (Å²) in [7, 11) is 1.57. The van der Waals surface area contributed by atoms with Crippen LogP contribution in [-0.4, -0.2) is 19.1 Å². The molecule has 86 valence electrons. The van der Waals surface area contributed by atoms with Crippen LogP contribution >= 0.6 is 0 Å². The fraction of sp³-hybridized carbons (Fsp3) is 0.364. The Kier molecular flexibility index (Phi) is 2.46. The summed E-state index contributed by atoms with van der Waals surface area (Å²) in [4.78, 5) is 13.1. The summed E-state index contributed by atoms with van der Waals surface area (Å²) >= 11 is 0. The molecule has 1 aromatic rings. The van der Waals surface area contributed by atoms with Gasteiger partial charge in [0.1, 0.15) is 23.4 Å². The molecule has 1 aliphatic heterocycles. The first-order valence-electron chi connectivity index (χ1n) is 5.02. The maximum atomic E-state index is 13.3. The van der Waals surface area contributed by atoms with Crippen LogP contribution < -0.4 is 15.4 Å². The van der Waals surface area contributed by atoms with Gasteiger partial charge in [-0.25, -0.2) is 4.39 Å². The molecule has 16 heavy (non-hydrogen) atoms. The van der Waals surface area contributed by atoms with Gasteiger partial charge < -0.3 is 15.4 Å². The van der Waals surface area contributed by atoms with Crippen molar-refractivity contribution in [1.82, 2.24) is 0 Å². The Hall–Kier alpha value is -1.78. The quantitative estimate of drug-likeness (QED) is 0.680. The second-order valence-electron chi connectivity index (χ2n) is 3.89. The van der Waals surface area contributed by atoms with E-state index in [0.717, 1.165) is 0 Å². The highest BCUT2D eigenvalue weighted by molar-refractivity contribution is 5.98. The third kappa shape index (κ3) is 1.58. The third-order valence-corrected chi connectivity index (χ3v) is 2.63. The Balaban J connectivity index is 2.60. The smallest absolute Gasteiger partial charge is 0.230 e. The Morgan fingerprint density at radius 3 is 2.94 bits per heavy atom. The highest BCUT2D eigenvalue weighted by atomic mass is 19.1. The molecule has 1 atom stereocenters. The van der Waals surface area contributed by atoms with E-state index in [1.807, 2.05) is 0 Å². The molecule has 5 heteroatoms. The Bertz CT molecular complexity index is 448. The van der Waals surface area contributed by atoms with E-state index in [1.165, 1.54) is 17.0 Å². The van der Waals surface area contributed by atoms with E-state index in [4.69, 9.17) is 10.5 Å². The van der Waals surface area contributed by atoms with Gasteiger partial charge in [0.2, 0.25) is 5.91 Å². The number of carbonyl (C=O) groups is 1. The number of halogens is 1. The molecule has 1 aromatic carbocycles. The predicted molar refractivity (Wildman–Crippen MR) is 58.9 cm³/mol. The van der Waals surface area contributed by atoms with Crippen LogP contribution in [0.25, 0.3) is 0 Å². The first-order chi connectivity index (χ1) is 7.50. The lowest BCUT2D eigenvalue weighted by Gasteiger charge is -2.18.